The van der Waals surface area contributed by atoms with E-state index in [1.54, 1.807) is 5.56 Å². The lowest BCUT2D eigenvalue weighted by atomic mass is 9.89. The molecule has 2 atom stereocenters. The van der Waals surface area contributed by atoms with Crippen molar-refractivity contribution in [3.63, 3.8) is 0 Å². The molecule has 0 radical (unpaired) electrons. The molecule has 2 aromatic rings. The summed E-state index contributed by atoms with van der Waals surface area (Å²) in [5.74, 6) is 0.640. The zero-order valence-corrected chi connectivity index (χ0v) is 17.3. The highest BCUT2D eigenvalue weighted by Crippen LogP contribution is 2.49. The molecule has 0 aromatic heterocycles. The van der Waals surface area contributed by atoms with Gasteiger partial charge in [-0.2, -0.15) is 0 Å². The third-order valence-corrected chi connectivity index (χ3v) is 7.13. The standard InChI is InChI=1S/C24H30N2S/c1-4-5-6-15-26-16-14-22-21(17-26)20-8-7-9-23(24(20)25(22)3)27-19-12-10-18(2)11-13-19/h4,7-13,21-22H,1,5-6,14-17H2,2-3H3/t21-,22+/m1/s1. The van der Waals surface area contributed by atoms with Gasteiger partial charge in [0.2, 0.25) is 0 Å². The van der Waals surface area contributed by atoms with E-state index in [0.29, 0.717) is 12.0 Å². The Kier molecular flexibility index (Phi) is 5.60. The quantitative estimate of drug-likeness (QED) is 0.469. The van der Waals surface area contributed by atoms with Crippen LogP contribution >= 0.6 is 11.8 Å². The fourth-order valence-corrected chi connectivity index (χ4v) is 5.67. The summed E-state index contributed by atoms with van der Waals surface area (Å²) >= 11 is 1.90. The van der Waals surface area contributed by atoms with E-state index < -0.39 is 0 Å². The number of likely N-dealkylation sites (tertiary alicyclic amines) is 1. The van der Waals surface area contributed by atoms with Gasteiger partial charge in [-0.1, -0.05) is 47.7 Å². The van der Waals surface area contributed by atoms with Gasteiger partial charge >= 0.3 is 0 Å². The molecular weight excluding hydrogens is 348 g/mol. The molecule has 0 amide bonds. The van der Waals surface area contributed by atoms with Crippen LogP contribution in [0.1, 0.15) is 36.3 Å². The number of fused-ring (bicyclic) bond motifs is 3. The zero-order valence-electron chi connectivity index (χ0n) is 16.5. The minimum absolute atomic E-state index is 0.640. The summed E-state index contributed by atoms with van der Waals surface area (Å²) in [6.45, 7) is 9.62. The highest BCUT2D eigenvalue weighted by Gasteiger charge is 2.41. The average molecular weight is 379 g/mol. The topological polar surface area (TPSA) is 6.48 Å². The summed E-state index contributed by atoms with van der Waals surface area (Å²) in [6.07, 6.45) is 5.66. The smallest absolute Gasteiger partial charge is 0.0544 e. The number of likely N-dealkylation sites (N-methyl/N-ethyl adjacent to an activating group) is 1. The van der Waals surface area contributed by atoms with E-state index in [1.165, 1.54) is 53.5 Å². The molecule has 2 nitrogen and oxygen atoms in total. The summed E-state index contributed by atoms with van der Waals surface area (Å²) in [5, 5.41) is 0. The van der Waals surface area contributed by atoms with Gasteiger partial charge in [0.1, 0.15) is 0 Å². The van der Waals surface area contributed by atoms with E-state index in [4.69, 9.17) is 0 Å². The van der Waals surface area contributed by atoms with Gasteiger partial charge in [0.15, 0.2) is 0 Å². The van der Waals surface area contributed by atoms with Crippen LogP contribution in [0.25, 0.3) is 0 Å². The number of unbranched alkanes of at least 4 members (excludes halogenated alkanes) is 1. The molecule has 2 aliphatic heterocycles. The molecule has 0 unspecified atom stereocenters. The molecular formula is C24H30N2S. The van der Waals surface area contributed by atoms with E-state index in [9.17, 15) is 0 Å². The van der Waals surface area contributed by atoms with Gasteiger partial charge in [0, 0.05) is 41.9 Å². The lowest BCUT2D eigenvalue weighted by Crippen LogP contribution is -2.45. The number of aryl methyl sites for hydroxylation is 1. The minimum Gasteiger partial charge on any atom is -0.370 e. The van der Waals surface area contributed by atoms with Crippen molar-refractivity contribution in [2.75, 3.05) is 31.6 Å². The molecule has 3 heteroatoms. The van der Waals surface area contributed by atoms with Crippen LogP contribution in [-0.4, -0.2) is 37.6 Å². The summed E-state index contributed by atoms with van der Waals surface area (Å²) < 4.78 is 0. The van der Waals surface area contributed by atoms with E-state index in [1.807, 2.05) is 17.8 Å². The van der Waals surface area contributed by atoms with Crippen LogP contribution in [-0.2, 0) is 0 Å². The second kappa shape index (κ2) is 8.12. The number of piperidine rings is 1. The summed E-state index contributed by atoms with van der Waals surface area (Å²) in [6, 6.07) is 16.4. The molecule has 0 spiro atoms. The molecule has 0 N–H and O–H groups in total. The molecule has 1 saturated heterocycles. The minimum atomic E-state index is 0.640. The Morgan fingerprint density at radius 1 is 1.19 bits per heavy atom. The molecule has 142 valence electrons. The Balaban J connectivity index is 1.56. The average Bonchev–Trinajstić information content (AvgIpc) is 2.97. The van der Waals surface area contributed by atoms with Crippen molar-refractivity contribution in [3.05, 3.63) is 66.2 Å². The Morgan fingerprint density at radius 2 is 2.00 bits per heavy atom. The van der Waals surface area contributed by atoms with Gasteiger partial charge in [-0.3, -0.25) is 0 Å². The molecule has 0 bridgehead atoms. The zero-order chi connectivity index (χ0) is 18.8. The van der Waals surface area contributed by atoms with Crippen molar-refractivity contribution in [1.82, 2.24) is 4.90 Å². The Hall–Kier alpha value is -1.71. The van der Waals surface area contributed by atoms with Crippen molar-refractivity contribution in [3.8, 4) is 0 Å². The summed E-state index contributed by atoms with van der Waals surface area (Å²) in [5.41, 5.74) is 4.33. The van der Waals surface area contributed by atoms with Crippen molar-refractivity contribution in [1.29, 1.82) is 0 Å². The van der Waals surface area contributed by atoms with Crippen LogP contribution in [0.5, 0.6) is 0 Å². The van der Waals surface area contributed by atoms with Gasteiger partial charge in [0.05, 0.1) is 5.69 Å². The first kappa shape index (κ1) is 18.6. The number of para-hydroxylation sites is 1. The first-order valence-corrected chi connectivity index (χ1v) is 10.9. The number of hydrogen-bond acceptors (Lipinski definition) is 3. The molecule has 0 aliphatic carbocycles. The third-order valence-electron chi connectivity index (χ3n) is 6.07. The van der Waals surface area contributed by atoms with Crippen LogP contribution < -0.4 is 4.90 Å². The first-order valence-electron chi connectivity index (χ1n) is 10.1. The first-order chi connectivity index (χ1) is 13.2. The van der Waals surface area contributed by atoms with Crippen molar-refractivity contribution in [2.24, 2.45) is 0 Å². The van der Waals surface area contributed by atoms with E-state index in [-0.39, 0.29) is 0 Å². The highest BCUT2D eigenvalue weighted by atomic mass is 32.2. The molecule has 4 rings (SSSR count). The van der Waals surface area contributed by atoms with Crippen molar-refractivity contribution in [2.45, 2.75) is 47.9 Å². The van der Waals surface area contributed by atoms with Crippen LogP contribution in [0.4, 0.5) is 5.69 Å². The predicted octanol–water partition coefficient (Wildman–Crippen LogP) is 5.72. The van der Waals surface area contributed by atoms with Crippen LogP contribution in [0, 0.1) is 6.92 Å². The predicted molar refractivity (Wildman–Crippen MR) is 117 cm³/mol. The Labute approximate surface area is 168 Å². The van der Waals surface area contributed by atoms with Crippen LogP contribution in [0.3, 0.4) is 0 Å². The lowest BCUT2D eigenvalue weighted by molar-refractivity contribution is 0.193. The van der Waals surface area contributed by atoms with Gasteiger partial charge in [-0.25, -0.2) is 0 Å². The van der Waals surface area contributed by atoms with E-state index in [2.05, 4.69) is 72.8 Å². The molecule has 2 aliphatic rings. The number of allylic oxidation sites excluding steroid dienone is 1. The number of hydrogen-bond donors (Lipinski definition) is 0. The normalized spacial score (nSPS) is 21.8. The third kappa shape index (κ3) is 3.81. The maximum atomic E-state index is 3.86. The fourth-order valence-electron chi connectivity index (χ4n) is 4.64. The van der Waals surface area contributed by atoms with Gasteiger partial charge in [-0.15, -0.1) is 6.58 Å². The Morgan fingerprint density at radius 3 is 2.78 bits per heavy atom. The SMILES string of the molecule is C=CCCCN1CC[C@H]2[C@H](C1)c1cccc(Sc3ccc(C)cc3)c1N2C. The number of nitrogens with zero attached hydrogens (tertiary/aromatic N) is 2. The molecule has 2 heterocycles. The van der Waals surface area contributed by atoms with Gasteiger partial charge < -0.3 is 9.80 Å². The van der Waals surface area contributed by atoms with Gasteiger partial charge in [-0.05, 0) is 56.5 Å². The maximum Gasteiger partial charge on any atom is 0.0544 e. The maximum absolute atomic E-state index is 3.86. The lowest BCUT2D eigenvalue weighted by Gasteiger charge is -2.37. The highest BCUT2D eigenvalue weighted by molar-refractivity contribution is 7.99. The van der Waals surface area contributed by atoms with E-state index >= 15 is 0 Å². The van der Waals surface area contributed by atoms with Crippen LogP contribution in [0.15, 0.2) is 64.9 Å². The molecule has 1 fully saturated rings. The van der Waals surface area contributed by atoms with Gasteiger partial charge in [0.25, 0.3) is 0 Å². The largest absolute Gasteiger partial charge is 0.370 e. The number of benzene rings is 2. The summed E-state index contributed by atoms with van der Waals surface area (Å²) in [7, 11) is 2.30. The summed E-state index contributed by atoms with van der Waals surface area (Å²) in [4.78, 5) is 7.94. The van der Waals surface area contributed by atoms with Crippen molar-refractivity contribution >= 4 is 17.4 Å². The second-order valence-electron chi connectivity index (χ2n) is 7.91. The van der Waals surface area contributed by atoms with Crippen molar-refractivity contribution < 1.29 is 0 Å². The number of rotatable bonds is 6. The Bertz CT molecular complexity index is 799. The number of anilines is 1. The molecule has 27 heavy (non-hydrogen) atoms. The monoisotopic (exact) mass is 378 g/mol. The van der Waals surface area contributed by atoms with Crippen LogP contribution in [0.2, 0.25) is 0 Å². The fraction of sp³-hybridized carbons (Fsp3) is 0.417. The van der Waals surface area contributed by atoms with E-state index in [0.717, 1.165) is 6.42 Å². The second-order valence-corrected chi connectivity index (χ2v) is 9.03. The molecule has 0 saturated carbocycles. The molecule has 2 aromatic carbocycles.